The second-order valence-electron chi connectivity index (χ2n) is 3.46. The lowest BCUT2D eigenvalue weighted by molar-refractivity contribution is 0.0530. The van der Waals surface area contributed by atoms with E-state index in [4.69, 9.17) is 10.5 Å². The smallest absolute Gasteiger partial charge is 0.340 e. The van der Waals surface area contributed by atoms with Gasteiger partial charge in [0, 0.05) is 11.4 Å². The summed E-state index contributed by atoms with van der Waals surface area (Å²) in [7, 11) is -3.12. The van der Waals surface area contributed by atoms with Crippen LogP contribution in [0.1, 0.15) is 17.3 Å². The molecule has 0 unspecified atom stereocenters. The van der Waals surface area contributed by atoms with E-state index in [1.54, 1.807) is 25.1 Å². The number of esters is 1. The zero-order valence-corrected chi connectivity index (χ0v) is 10.4. The van der Waals surface area contributed by atoms with Gasteiger partial charge >= 0.3 is 5.97 Å². The number of nitrogens with two attached hydrogens (primary N) is 1. The average Bonchev–Trinajstić information content (AvgIpc) is 2.29. The Morgan fingerprint density at radius 2 is 2.00 bits per heavy atom. The molecule has 0 atom stereocenters. The third-order valence-corrected chi connectivity index (χ3v) is 3.92. The first-order valence-electron chi connectivity index (χ1n) is 5.18. The molecule has 6 heteroatoms. The van der Waals surface area contributed by atoms with Crippen molar-refractivity contribution < 1.29 is 17.9 Å². The van der Waals surface area contributed by atoms with Gasteiger partial charge in [0.2, 0.25) is 0 Å². The first-order chi connectivity index (χ1) is 7.96. The van der Waals surface area contributed by atoms with Gasteiger partial charge in [-0.05, 0) is 12.1 Å². The molecule has 17 heavy (non-hydrogen) atoms. The fourth-order valence-corrected chi connectivity index (χ4v) is 1.79. The SMILES string of the molecule is CCS(=O)(=O)CCOC(=O)c1ccccc1N. The van der Waals surface area contributed by atoms with Gasteiger partial charge in [0.1, 0.15) is 6.61 Å². The highest BCUT2D eigenvalue weighted by Crippen LogP contribution is 2.11. The lowest BCUT2D eigenvalue weighted by Crippen LogP contribution is -2.17. The maximum absolute atomic E-state index is 11.5. The molecule has 0 fully saturated rings. The molecular formula is C11H15NO4S. The van der Waals surface area contributed by atoms with Crippen molar-refractivity contribution in [1.82, 2.24) is 0 Å². The Hall–Kier alpha value is -1.56. The third-order valence-electron chi connectivity index (χ3n) is 2.25. The molecule has 0 aliphatic heterocycles. The van der Waals surface area contributed by atoms with Gasteiger partial charge in [0.05, 0.1) is 11.3 Å². The van der Waals surface area contributed by atoms with Gasteiger partial charge in [-0.2, -0.15) is 0 Å². The van der Waals surface area contributed by atoms with Crippen LogP contribution < -0.4 is 5.73 Å². The van der Waals surface area contributed by atoms with Crippen LogP contribution in [0.2, 0.25) is 0 Å². The Labute approximate surface area is 100 Å². The number of anilines is 1. The van der Waals surface area contributed by atoms with Gasteiger partial charge < -0.3 is 10.5 Å². The molecular weight excluding hydrogens is 242 g/mol. The van der Waals surface area contributed by atoms with Crippen LogP contribution in [0.3, 0.4) is 0 Å². The van der Waals surface area contributed by atoms with Crippen molar-refractivity contribution in [2.45, 2.75) is 6.92 Å². The summed E-state index contributed by atoms with van der Waals surface area (Å²) in [4.78, 5) is 11.5. The number of carbonyl (C=O) groups excluding carboxylic acids is 1. The molecule has 0 amide bonds. The summed E-state index contributed by atoms with van der Waals surface area (Å²) in [5, 5.41) is 0. The van der Waals surface area contributed by atoms with Crippen molar-refractivity contribution >= 4 is 21.5 Å². The number of sulfone groups is 1. The van der Waals surface area contributed by atoms with Crippen molar-refractivity contribution in [2.24, 2.45) is 0 Å². The summed E-state index contributed by atoms with van der Waals surface area (Å²) in [6.07, 6.45) is 0. The number of para-hydroxylation sites is 1. The van der Waals surface area contributed by atoms with Gasteiger partial charge in [0.25, 0.3) is 0 Å². The van der Waals surface area contributed by atoms with Crippen LogP contribution in [0.15, 0.2) is 24.3 Å². The molecule has 5 nitrogen and oxygen atoms in total. The number of hydrogen-bond acceptors (Lipinski definition) is 5. The van der Waals surface area contributed by atoms with Crippen LogP contribution in [0.4, 0.5) is 5.69 Å². The molecule has 0 heterocycles. The van der Waals surface area contributed by atoms with Crippen LogP contribution in [0, 0.1) is 0 Å². The molecule has 0 aliphatic rings. The molecule has 0 saturated carbocycles. The lowest BCUT2D eigenvalue weighted by atomic mass is 10.2. The molecule has 0 saturated heterocycles. The first-order valence-corrected chi connectivity index (χ1v) is 7.00. The van der Waals surface area contributed by atoms with E-state index in [0.717, 1.165) is 0 Å². The van der Waals surface area contributed by atoms with E-state index in [1.165, 1.54) is 6.07 Å². The fourth-order valence-electron chi connectivity index (χ4n) is 1.17. The number of carbonyl (C=O) groups is 1. The minimum Gasteiger partial charge on any atom is -0.461 e. The van der Waals surface area contributed by atoms with Gasteiger partial charge in [-0.15, -0.1) is 0 Å². The predicted octanol–water partition coefficient (Wildman–Crippen LogP) is 0.860. The number of nitrogen functional groups attached to an aromatic ring is 1. The van der Waals surface area contributed by atoms with Crippen LogP contribution >= 0.6 is 0 Å². The van der Waals surface area contributed by atoms with Crippen molar-refractivity contribution in [3.05, 3.63) is 29.8 Å². The summed E-state index contributed by atoms with van der Waals surface area (Å²) < 4.78 is 27.2. The van der Waals surface area contributed by atoms with E-state index in [0.29, 0.717) is 5.69 Å². The van der Waals surface area contributed by atoms with E-state index in [9.17, 15) is 13.2 Å². The molecule has 1 aromatic rings. The molecule has 0 aliphatic carbocycles. The minimum atomic E-state index is -3.12. The van der Waals surface area contributed by atoms with Crippen LogP contribution in [-0.4, -0.2) is 32.5 Å². The van der Waals surface area contributed by atoms with Crippen molar-refractivity contribution in [3.8, 4) is 0 Å². The Kier molecular flexibility index (Phi) is 4.51. The van der Waals surface area contributed by atoms with Crippen LogP contribution in [-0.2, 0) is 14.6 Å². The van der Waals surface area contributed by atoms with E-state index in [-0.39, 0.29) is 23.7 Å². The molecule has 94 valence electrons. The highest BCUT2D eigenvalue weighted by Gasteiger charge is 2.12. The molecule has 1 aromatic carbocycles. The summed E-state index contributed by atoms with van der Waals surface area (Å²) >= 11 is 0. The standard InChI is InChI=1S/C11H15NO4S/c1-2-17(14,15)8-7-16-11(13)9-5-3-4-6-10(9)12/h3-6H,2,7-8,12H2,1H3. The van der Waals surface area contributed by atoms with Crippen molar-refractivity contribution in [2.75, 3.05) is 23.8 Å². The Balaban J connectivity index is 2.55. The zero-order chi connectivity index (χ0) is 12.9. The number of rotatable bonds is 5. The van der Waals surface area contributed by atoms with Crippen LogP contribution in [0.25, 0.3) is 0 Å². The molecule has 0 radical (unpaired) electrons. The maximum Gasteiger partial charge on any atom is 0.340 e. The highest BCUT2D eigenvalue weighted by atomic mass is 32.2. The first kappa shape index (κ1) is 13.5. The van der Waals surface area contributed by atoms with Crippen molar-refractivity contribution in [3.63, 3.8) is 0 Å². The van der Waals surface area contributed by atoms with Crippen molar-refractivity contribution in [1.29, 1.82) is 0 Å². The monoisotopic (exact) mass is 257 g/mol. The molecule has 0 spiro atoms. The number of benzene rings is 1. The quantitative estimate of drug-likeness (QED) is 0.624. The summed E-state index contributed by atoms with van der Waals surface area (Å²) in [5.41, 5.74) is 6.15. The second kappa shape index (κ2) is 5.67. The van der Waals surface area contributed by atoms with E-state index in [2.05, 4.69) is 0 Å². The van der Waals surface area contributed by atoms with Crippen LogP contribution in [0.5, 0.6) is 0 Å². The molecule has 2 N–H and O–H groups in total. The fraction of sp³-hybridized carbons (Fsp3) is 0.364. The Morgan fingerprint density at radius 1 is 1.35 bits per heavy atom. The van der Waals surface area contributed by atoms with Gasteiger partial charge in [0.15, 0.2) is 9.84 Å². The van der Waals surface area contributed by atoms with E-state index in [1.807, 2.05) is 0 Å². The predicted molar refractivity (Wildman–Crippen MR) is 65.5 cm³/mol. The summed E-state index contributed by atoms with van der Waals surface area (Å²) in [6, 6.07) is 6.48. The topological polar surface area (TPSA) is 86.5 Å². The number of ether oxygens (including phenoxy) is 1. The Morgan fingerprint density at radius 3 is 2.59 bits per heavy atom. The maximum atomic E-state index is 11.5. The summed E-state index contributed by atoms with van der Waals surface area (Å²) in [5.74, 6) is -0.727. The lowest BCUT2D eigenvalue weighted by Gasteiger charge is -2.06. The van der Waals surface area contributed by atoms with Gasteiger partial charge in [-0.25, -0.2) is 13.2 Å². The molecule has 1 rings (SSSR count). The highest BCUT2D eigenvalue weighted by molar-refractivity contribution is 7.91. The second-order valence-corrected chi connectivity index (χ2v) is 5.93. The van der Waals surface area contributed by atoms with Gasteiger partial charge in [-0.1, -0.05) is 19.1 Å². The summed E-state index contributed by atoms with van der Waals surface area (Å²) in [6.45, 7) is 1.40. The molecule has 0 aromatic heterocycles. The average molecular weight is 257 g/mol. The largest absolute Gasteiger partial charge is 0.461 e. The Bertz CT molecular complexity index is 496. The number of hydrogen-bond donors (Lipinski definition) is 1. The van der Waals surface area contributed by atoms with E-state index < -0.39 is 15.8 Å². The normalized spacial score (nSPS) is 11.1. The molecule has 0 bridgehead atoms. The van der Waals surface area contributed by atoms with Gasteiger partial charge in [-0.3, -0.25) is 0 Å². The third kappa shape index (κ3) is 4.07. The minimum absolute atomic E-state index is 0.0397. The zero-order valence-electron chi connectivity index (χ0n) is 9.55. The van der Waals surface area contributed by atoms with E-state index >= 15 is 0 Å².